The van der Waals surface area contributed by atoms with Crippen LogP contribution in [0.3, 0.4) is 0 Å². The molecule has 8 heteroatoms. The van der Waals surface area contributed by atoms with E-state index >= 15 is 0 Å². The van der Waals surface area contributed by atoms with Crippen LogP contribution >= 0.6 is 0 Å². The maximum atomic E-state index is 13.9. The molecule has 0 amide bonds. The average Bonchev–Trinajstić information content (AvgIpc) is 3.16. The van der Waals surface area contributed by atoms with E-state index in [4.69, 9.17) is 9.47 Å². The SMILES string of the molecule is COc1ccc(CN2CCN(S(=O)(=O)c3ccc4c(c3)CCO4)CC2)cc1F. The van der Waals surface area contributed by atoms with E-state index < -0.39 is 10.0 Å². The highest BCUT2D eigenvalue weighted by Gasteiger charge is 2.29. The highest BCUT2D eigenvalue weighted by atomic mass is 32.2. The van der Waals surface area contributed by atoms with Gasteiger partial charge in [-0.1, -0.05) is 6.07 Å². The van der Waals surface area contributed by atoms with Crippen LogP contribution in [0, 0.1) is 5.82 Å². The van der Waals surface area contributed by atoms with Gasteiger partial charge in [0.25, 0.3) is 0 Å². The van der Waals surface area contributed by atoms with Gasteiger partial charge < -0.3 is 9.47 Å². The maximum Gasteiger partial charge on any atom is 0.243 e. The van der Waals surface area contributed by atoms with Gasteiger partial charge in [-0.15, -0.1) is 0 Å². The molecule has 0 saturated carbocycles. The largest absolute Gasteiger partial charge is 0.494 e. The minimum absolute atomic E-state index is 0.222. The van der Waals surface area contributed by atoms with Crippen molar-refractivity contribution < 1.29 is 22.3 Å². The topological polar surface area (TPSA) is 59.1 Å². The first kappa shape index (κ1) is 19.2. The van der Waals surface area contributed by atoms with Crippen molar-refractivity contribution in [2.75, 3.05) is 39.9 Å². The molecule has 0 unspecified atom stereocenters. The summed E-state index contributed by atoms with van der Waals surface area (Å²) >= 11 is 0. The standard InChI is InChI=1S/C20H23FN2O4S/c1-26-20-4-2-15(12-18(20)21)14-22-7-9-23(10-8-22)28(24,25)17-3-5-19-16(13-17)6-11-27-19/h2-5,12-13H,6-11,14H2,1H3. The van der Waals surface area contributed by atoms with E-state index in [1.54, 1.807) is 24.3 Å². The van der Waals surface area contributed by atoms with E-state index in [1.165, 1.54) is 17.5 Å². The van der Waals surface area contributed by atoms with E-state index in [9.17, 15) is 12.8 Å². The lowest BCUT2D eigenvalue weighted by atomic mass is 10.2. The smallest absolute Gasteiger partial charge is 0.243 e. The number of ether oxygens (including phenoxy) is 2. The molecule has 2 aromatic carbocycles. The number of nitrogens with zero attached hydrogens (tertiary/aromatic N) is 2. The van der Waals surface area contributed by atoms with Crippen molar-refractivity contribution in [1.29, 1.82) is 0 Å². The molecule has 0 radical (unpaired) electrons. The Morgan fingerprint density at radius 2 is 1.89 bits per heavy atom. The van der Waals surface area contributed by atoms with Crippen LogP contribution in [0.4, 0.5) is 4.39 Å². The van der Waals surface area contributed by atoms with Gasteiger partial charge in [0.05, 0.1) is 18.6 Å². The molecule has 0 N–H and O–H groups in total. The van der Waals surface area contributed by atoms with E-state index in [0.29, 0.717) is 44.2 Å². The molecule has 1 fully saturated rings. The van der Waals surface area contributed by atoms with Gasteiger partial charge in [0.1, 0.15) is 5.75 Å². The number of halogens is 1. The number of piperazine rings is 1. The Hall–Kier alpha value is -2.16. The van der Waals surface area contributed by atoms with Crippen molar-refractivity contribution in [3.05, 3.63) is 53.3 Å². The molecule has 2 aliphatic rings. The van der Waals surface area contributed by atoms with Crippen LogP contribution in [0.1, 0.15) is 11.1 Å². The van der Waals surface area contributed by atoms with E-state index in [2.05, 4.69) is 4.90 Å². The molecule has 2 aliphatic heterocycles. The predicted octanol–water partition coefficient (Wildman–Crippen LogP) is 2.28. The monoisotopic (exact) mass is 406 g/mol. The summed E-state index contributed by atoms with van der Waals surface area (Å²) in [6.45, 7) is 3.19. The molecule has 28 heavy (non-hydrogen) atoms. The second kappa shape index (κ2) is 7.69. The molecule has 0 spiro atoms. The summed E-state index contributed by atoms with van der Waals surface area (Å²) in [6, 6.07) is 10.00. The van der Waals surface area contributed by atoms with Crippen LogP contribution in [0.15, 0.2) is 41.3 Å². The second-order valence-electron chi connectivity index (χ2n) is 7.02. The summed E-state index contributed by atoms with van der Waals surface area (Å²) in [5, 5.41) is 0. The molecule has 1 saturated heterocycles. The number of methoxy groups -OCH3 is 1. The first-order valence-electron chi connectivity index (χ1n) is 9.28. The lowest BCUT2D eigenvalue weighted by Gasteiger charge is -2.34. The minimum Gasteiger partial charge on any atom is -0.494 e. The summed E-state index contributed by atoms with van der Waals surface area (Å²) in [7, 11) is -2.08. The van der Waals surface area contributed by atoms with Gasteiger partial charge in [0.2, 0.25) is 10.0 Å². The van der Waals surface area contributed by atoms with Crippen LogP contribution in [0.5, 0.6) is 11.5 Å². The molecule has 0 aromatic heterocycles. The number of fused-ring (bicyclic) bond motifs is 1. The van der Waals surface area contributed by atoms with E-state index in [0.717, 1.165) is 23.3 Å². The van der Waals surface area contributed by atoms with Crippen molar-refractivity contribution in [3.63, 3.8) is 0 Å². The Morgan fingerprint density at radius 3 is 2.61 bits per heavy atom. The highest BCUT2D eigenvalue weighted by molar-refractivity contribution is 7.89. The van der Waals surface area contributed by atoms with Crippen molar-refractivity contribution in [2.24, 2.45) is 0 Å². The molecule has 4 rings (SSSR count). The quantitative estimate of drug-likeness (QED) is 0.763. The third kappa shape index (κ3) is 3.72. The Morgan fingerprint density at radius 1 is 1.11 bits per heavy atom. The first-order chi connectivity index (χ1) is 13.5. The molecular formula is C20H23FN2O4S. The molecule has 6 nitrogen and oxygen atoms in total. The van der Waals surface area contributed by atoms with Crippen molar-refractivity contribution in [1.82, 2.24) is 9.21 Å². The molecule has 150 valence electrons. The van der Waals surface area contributed by atoms with Gasteiger partial charge in [0, 0.05) is 39.1 Å². The summed E-state index contributed by atoms with van der Waals surface area (Å²) < 4.78 is 51.7. The summed E-state index contributed by atoms with van der Waals surface area (Å²) in [6.07, 6.45) is 0.741. The lowest BCUT2D eigenvalue weighted by molar-refractivity contribution is 0.181. The van der Waals surface area contributed by atoms with Gasteiger partial charge in [-0.25, -0.2) is 12.8 Å². The summed E-state index contributed by atoms with van der Waals surface area (Å²) in [5.41, 5.74) is 1.79. The molecule has 2 heterocycles. The zero-order valence-corrected chi connectivity index (χ0v) is 16.5. The normalized spacial score (nSPS) is 17.9. The van der Waals surface area contributed by atoms with Gasteiger partial charge in [-0.2, -0.15) is 4.31 Å². The highest BCUT2D eigenvalue weighted by Crippen LogP contribution is 2.29. The molecule has 2 aromatic rings. The molecule has 0 atom stereocenters. The van der Waals surface area contributed by atoms with Crippen LogP contribution in [-0.2, 0) is 23.0 Å². The Kier molecular flexibility index (Phi) is 5.27. The Balaban J connectivity index is 1.40. The summed E-state index contributed by atoms with van der Waals surface area (Å²) in [5.74, 6) is 0.608. The second-order valence-corrected chi connectivity index (χ2v) is 8.96. The Bertz CT molecular complexity index is 972. The van der Waals surface area contributed by atoms with Crippen molar-refractivity contribution >= 4 is 10.0 Å². The van der Waals surface area contributed by atoms with Crippen LogP contribution < -0.4 is 9.47 Å². The third-order valence-electron chi connectivity index (χ3n) is 5.25. The molecule has 0 aliphatic carbocycles. The van der Waals surface area contributed by atoms with Crippen LogP contribution in [0.2, 0.25) is 0 Å². The van der Waals surface area contributed by atoms with Gasteiger partial charge in [-0.3, -0.25) is 4.90 Å². The number of hydrogen-bond donors (Lipinski definition) is 0. The van der Waals surface area contributed by atoms with Crippen LogP contribution in [0.25, 0.3) is 0 Å². The van der Waals surface area contributed by atoms with Crippen LogP contribution in [-0.4, -0.2) is 57.5 Å². The number of rotatable bonds is 5. The number of sulfonamides is 1. The van der Waals surface area contributed by atoms with Crippen molar-refractivity contribution in [3.8, 4) is 11.5 Å². The number of benzene rings is 2. The summed E-state index contributed by atoms with van der Waals surface area (Å²) in [4.78, 5) is 2.45. The molecular weight excluding hydrogens is 383 g/mol. The fraction of sp³-hybridized carbons (Fsp3) is 0.400. The van der Waals surface area contributed by atoms with Gasteiger partial charge in [0.15, 0.2) is 11.6 Å². The number of hydrogen-bond acceptors (Lipinski definition) is 5. The zero-order valence-electron chi connectivity index (χ0n) is 15.7. The zero-order chi connectivity index (χ0) is 19.7. The fourth-order valence-corrected chi connectivity index (χ4v) is 5.14. The predicted molar refractivity (Wildman–Crippen MR) is 103 cm³/mol. The Labute approximate surface area is 164 Å². The fourth-order valence-electron chi connectivity index (χ4n) is 3.67. The minimum atomic E-state index is -3.52. The van der Waals surface area contributed by atoms with E-state index in [-0.39, 0.29) is 11.6 Å². The average molecular weight is 406 g/mol. The van der Waals surface area contributed by atoms with Crippen molar-refractivity contribution in [2.45, 2.75) is 17.9 Å². The van der Waals surface area contributed by atoms with Gasteiger partial charge in [-0.05, 0) is 41.5 Å². The molecule has 0 bridgehead atoms. The lowest BCUT2D eigenvalue weighted by Crippen LogP contribution is -2.48. The third-order valence-corrected chi connectivity index (χ3v) is 7.15. The van der Waals surface area contributed by atoms with Gasteiger partial charge >= 0.3 is 0 Å². The van der Waals surface area contributed by atoms with E-state index in [1.807, 2.05) is 6.07 Å². The maximum absolute atomic E-state index is 13.9. The first-order valence-corrected chi connectivity index (χ1v) is 10.7.